The molecule has 7 nitrogen and oxygen atoms in total. The lowest BCUT2D eigenvalue weighted by atomic mass is 10.1. The highest BCUT2D eigenvalue weighted by Crippen LogP contribution is 2.35. The Hall–Kier alpha value is -3.46. The molecular weight excluding hydrogens is 459 g/mol. The molecule has 0 spiro atoms. The summed E-state index contributed by atoms with van der Waals surface area (Å²) in [5, 5.41) is 9.06. The second kappa shape index (κ2) is 9.80. The second-order valence-corrected chi connectivity index (χ2v) is 9.95. The summed E-state index contributed by atoms with van der Waals surface area (Å²) in [5.74, 6) is -0.643. The number of hydrogen-bond donors (Lipinski definition) is 2. The number of pyridine rings is 1. The molecule has 0 radical (unpaired) electrons. The van der Waals surface area contributed by atoms with Crippen LogP contribution in [-0.4, -0.2) is 30.6 Å². The van der Waals surface area contributed by atoms with Gasteiger partial charge in [-0.2, -0.15) is 0 Å². The lowest BCUT2D eigenvalue weighted by molar-refractivity contribution is 0.0696. The van der Waals surface area contributed by atoms with Crippen LogP contribution in [0.3, 0.4) is 0 Å². The number of sulfonamides is 1. The summed E-state index contributed by atoms with van der Waals surface area (Å²) in [5.41, 5.74) is 3.53. The van der Waals surface area contributed by atoms with Gasteiger partial charge in [0.1, 0.15) is 23.4 Å². The average Bonchev–Trinajstić information content (AvgIpc) is 3.24. The molecule has 1 aliphatic carbocycles. The van der Waals surface area contributed by atoms with Crippen LogP contribution in [-0.2, 0) is 35.9 Å². The minimum atomic E-state index is -4.05. The average molecular weight is 485 g/mol. The largest absolute Gasteiger partial charge is 0.487 e. The molecule has 178 valence electrons. The zero-order valence-electron chi connectivity index (χ0n) is 18.6. The number of halogens is 1. The zero-order valence-corrected chi connectivity index (χ0v) is 19.4. The molecule has 1 atom stereocenters. The van der Waals surface area contributed by atoms with Crippen LogP contribution in [0.15, 0.2) is 59.6 Å². The van der Waals surface area contributed by atoms with Crippen molar-refractivity contribution in [3.8, 4) is 5.75 Å². The maximum absolute atomic E-state index is 13.6. The number of nitrogens with zero attached hydrogens (tertiary/aromatic N) is 1. The Morgan fingerprint density at radius 1 is 1.18 bits per heavy atom. The van der Waals surface area contributed by atoms with Gasteiger partial charge in [0.05, 0.1) is 16.9 Å². The molecule has 0 amide bonds. The van der Waals surface area contributed by atoms with Crippen molar-refractivity contribution in [2.24, 2.45) is 0 Å². The standard InChI is InChI=1S/C25H25FN2O5S/c1-16(26)12-22-24(6-3-11-27-22)34(31,32)28-21-13-19-4-2-5-20(19)14-23(21)33-15-17-7-9-18(10-8-17)25(29)30/h3,6-11,13-14,16,28H,2,4-5,12,15H2,1H3,(H,29,30)/t16-/m1/s1. The van der Waals surface area contributed by atoms with Crippen LogP contribution in [0.4, 0.5) is 10.1 Å². The fourth-order valence-corrected chi connectivity index (χ4v) is 5.26. The number of carboxylic acids is 1. The lowest BCUT2D eigenvalue weighted by Crippen LogP contribution is -2.18. The third-order valence-electron chi connectivity index (χ3n) is 5.65. The summed E-state index contributed by atoms with van der Waals surface area (Å²) in [6, 6.07) is 12.8. The highest BCUT2D eigenvalue weighted by molar-refractivity contribution is 7.92. The highest BCUT2D eigenvalue weighted by atomic mass is 32.2. The van der Waals surface area contributed by atoms with Gasteiger partial charge in [-0.15, -0.1) is 0 Å². The van der Waals surface area contributed by atoms with Crippen LogP contribution in [0.5, 0.6) is 5.75 Å². The maximum atomic E-state index is 13.6. The van der Waals surface area contributed by atoms with Gasteiger partial charge in [-0.1, -0.05) is 12.1 Å². The van der Waals surface area contributed by atoms with Crippen LogP contribution < -0.4 is 9.46 Å². The van der Waals surface area contributed by atoms with E-state index >= 15 is 0 Å². The first-order chi connectivity index (χ1) is 16.2. The van der Waals surface area contributed by atoms with E-state index in [9.17, 15) is 17.6 Å². The van der Waals surface area contributed by atoms with E-state index in [1.807, 2.05) is 6.07 Å². The van der Waals surface area contributed by atoms with E-state index in [0.717, 1.165) is 36.0 Å². The number of benzene rings is 2. The fraction of sp³-hybridized carbons (Fsp3) is 0.280. The number of rotatable bonds is 9. The number of fused-ring (bicyclic) bond motifs is 1. The van der Waals surface area contributed by atoms with Crippen molar-refractivity contribution < 1.29 is 27.4 Å². The van der Waals surface area contributed by atoms with Crippen LogP contribution >= 0.6 is 0 Å². The van der Waals surface area contributed by atoms with Gasteiger partial charge in [-0.05, 0) is 79.3 Å². The van der Waals surface area contributed by atoms with Gasteiger partial charge in [0.2, 0.25) is 0 Å². The summed E-state index contributed by atoms with van der Waals surface area (Å²) in [6.45, 7) is 1.48. The first-order valence-corrected chi connectivity index (χ1v) is 12.4. The van der Waals surface area contributed by atoms with Gasteiger partial charge in [-0.3, -0.25) is 9.71 Å². The number of ether oxygens (including phenoxy) is 1. The number of aromatic carboxylic acids is 1. The van der Waals surface area contributed by atoms with Gasteiger partial charge >= 0.3 is 5.97 Å². The molecule has 1 aliphatic rings. The number of aromatic nitrogens is 1. The summed E-state index contributed by atoms with van der Waals surface area (Å²) < 4.78 is 48.7. The topological polar surface area (TPSA) is 106 Å². The van der Waals surface area contributed by atoms with Crippen molar-refractivity contribution in [1.82, 2.24) is 4.98 Å². The molecule has 0 fully saturated rings. The summed E-state index contributed by atoms with van der Waals surface area (Å²) in [7, 11) is -4.05. The van der Waals surface area contributed by atoms with Crippen LogP contribution in [0, 0.1) is 0 Å². The molecule has 4 rings (SSSR count). The lowest BCUT2D eigenvalue weighted by Gasteiger charge is -2.17. The SMILES string of the molecule is C[C@@H](F)Cc1ncccc1S(=O)(=O)Nc1cc2c(cc1OCc1ccc(C(=O)O)cc1)CCC2. The van der Waals surface area contributed by atoms with E-state index in [1.54, 1.807) is 18.2 Å². The molecule has 1 heterocycles. The van der Waals surface area contributed by atoms with Crippen molar-refractivity contribution >= 4 is 21.7 Å². The van der Waals surface area contributed by atoms with Gasteiger partial charge in [-0.25, -0.2) is 17.6 Å². The molecule has 0 saturated heterocycles. The van der Waals surface area contributed by atoms with Gasteiger partial charge in [0.25, 0.3) is 10.0 Å². The van der Waals surface area contributed by atoms with Crippen LogP contribution in [0.1, 0.15) is 46.1 Å². The Balaban J connectivity index is 1.62. The Bertz CT molecular complexity index is 1310. The van der Waals surface area contributed by atoms with E-state index in [2.05, 4.69) is 9.71 Å². The van der Waals surface area contributed by atoms with Crippen molar-refractivity contribution in [2.45, 2.75) is 50.3 Å². The van der Waals surface area contributed by atoms with Gasteiger partial charge in [0, 0.05) is 12.6 Å². The van der Waals surface area contributed by atoms with E-state index in [4.69, 9.17) is 9.84 Å². The number of anilines is 1. The Labute approximate surface area is 197 Å². The van der Waals surface area contributed by atoms with E-state index in [1.165, 1.54) is 37.4 Å². The molecule has 0 aliphatic heterocycles. The first-order valence-electron chi connectivity index (χ1n) is 10.9. The Morgan fingerprint density at radius 2 is 1.88 bits per heavy atom. The first kappa shape index (κ1) is 23.7. The van der Waals surface area contributed by atoms with E-state index < -0.39 is 22.2 Å². The smallest absolute Gasteiger partial charge is 0.335 e. The molecule has 3 aromatic rings. The number of carbonyl (C=O) groups is 1. The molecule has 0 unspecified atom stereocenters. The van der Waals surface area contributed by atoms with Gasteiger partial charge < -0.3 is 9.84 Å². The molecule has 0 saturated carbocycles. The molecule has 1 aromatic heterocycles. The van der Waals surface area contributed by atoms with Crippen LogP contribution in [0.2, 0.25) is 0 Å². The number of carboxylic acid groups (broad SMARTS) is 1. The maximum Gasteiger partial charge on any atom is 0.335 e. The predicted octanol–water partition coefficient (Wildman–Crippen LogP) is 4.55. The van der Waals surface area contributed by atoms with Crippen molar-refractivity contribution in [3.63, 3.8) is 0 Å². The summed E-state index contributed by atoms with van der Waals surface area (Å²) in [4.78, 5) is 15.1. The van der Waals surface area contributed by atoms with Crippen LogP contribution in [0.25, 0.3) is 0 Å². The quantitative estimate of drug-likeness (QED) is 0.462. The van der Waals surface area contributed by atoms with Crippen molar-refractivity contribution in [1.29, 1.82) is 0 Å². The highest BCUT2D eigenvalue weighted by Gasteiger charge is 2.24. The van der Waals surface area contributed by atoms with Gasteiger partial charge in [0.15, 0.2) is 0 Å². The normalized spacial score (nSPS) is 13.8. The number of nitrogens with one attached hydrogen (secondary N) is 1. The summed E-state index contributed by atoms with van der Waals surface area (Å²) >= 11 is 0. The fourth-order valence-electron chi connectivity index (χ4n) is 3.99. The molecule has 9 heteroatoms. The number of hydrogen-bond acceptors (Lipinski definition) is 5. The number of aryl methyl sites for hydroxylation is 2. The van der Waals surface area contributed by atoms with Crippen molar-refractivity contribution in [3.05, 3.63) is 82.7 Å². The Kier molecular flexibility index (Phi) is 6.83. The second-order valence-electron chi connectivity index (χ2n) is 8.30. The third kappa shape index (κ3) is 5.36. The zero-order chi connectivity index (χ0) is 24.3. The molecule has 2 N–H and O–H groups in total. The predicted molar refractivity (Wildman–Crippen MR) is 126 cm³/mol. The number of alkyl halides is 1. The minimum Gasteiger partial charge on any atom is -0.487 e. The Morgan fingerprint density at radius 3 is 2.56 bits per heavy atom. The molecule has 0 bridgehead atoms. The molecule has 34 heavy (non-hydrogen) atoms. The summed E-state index contributed by atoms with van der Waals surface area (Å²) in [6.07, 6.45) is 2.79. The van der Waals surface area contributed by atoms with E-state index in [0.29, 0.717) is 11.4 Å². The molecule has 2 aromatic carbocycles. The molecular formula is C25H25FN2O5S. The minimum absolute atomic E-state index is 0.0739. The monoisotopic (exact) mass is 484 g/mol. The van der Waals surface area contributed by atoms with Crippen molar-refractivity contribution in [2.75, 3.05) is 4.72 Å². The third-order valence-corrected chi connectivity index (χ3v) is 7.09. The van der Waals surface area contributed by atoms with E-state index in [-0.39, 0.29) is 29.2 Å².